The number of carbonyl (C=O) groups excluding carboxylic acids is 2. The van der Waals surface area contributed by atoms with Crippen molar-refractivity contribution in [1.82, 2.24) is 5.32 Å². The molecule has 1 heterocycles. The molecule has 0 saturated carbocycles. The van der Waals surface area contributed by atoms with Crippen LogP contribution in [0.15, 0.2) is 23.8 Å². The van der Waals surface area contributed by atoms with Gasteiger partial charge in [-0.15, -0.1) is 0 Å². The third-order valence-electron chi connectivity index (χ3n) is 3.22. The van der Waals surface area contributed by atoms with Crippen molar-refractivity contribution < 1.29 is 9.59 Å². The number of hydrogen-bond donors (Lipinski definition) is 1. The van der Waals surface area contributed by atoms with E-state index in [1.165, 1.54) is 5.57 Å². The first kappa shape index (κ1) is 11.1. The molecule has 16 heavy (non-hydrogen) atoms. The lowest BCUT2D eigenvalue weighted by Gasteiger charge is -2.23. The van der Waals surface area contributed by atoms with E-state index >= 15 is 0 Å². The Bertz CT molecular complexity index is 368. The summed E-state index contributed by atoms with van der Waals surface area (Å²) < 4.78 is 0. The smallest absolute Gasteiger partial charge is 0.229 e. The highest BCUT2D eigenvalue weighted by molar-refractivity contribution is 5.98. The summed E-state index contributed by atoms with van der Waals surface area (Å²) in [5, 5.41) is 2.41. The van der Waals surface area contributed by atoms with E-state index in [1.54, 1.807) is 0 Å². The van der Waals surface area contributed by atoms with Gasteiger partial charge in [0.1, 0.15) is 0 Å². The standard InChI is InChI=1S/C13H17NO2/c1-9-3-2-4-10(7-9)8-11-5-6-12(15)14-13(11)16/h2-4,9,11H,5-8H2,1H3,(H,14,15,16). The minimum atomic E-state index is -0.132. The van der Waals surface area contributed by atoms with Crippen LogP contribution in [0.1, 0.15) is 32.6 Å². The van der Waals surface area contributed by atoms with Crippen LogP contribution in [0.25, 0.3) is 0 Å². The van der Waals surface area contributed by atoms with Crippen molar-refractivity contribution in [3.05, 3.63) is 23.8 Å². The summed E-state index contributed by atoms with van der Waals surface area (Å²) in [6.45, 7) is 2.17. The Kier molecular flexibility index (Phi) is 3.22. The van der Waals surface area contributed by atoms with E-state index in [9.17, 15) is 9.59 Å². The van der Waals surface area contributed by atoms with Crippen molar-refractivity contribution in [3.8, 4) is 0 Å². The average Bonchev–Trinajstić information content (AvgIpc) is 2.22. The number of amides is 2. The largest absolute Gasteiger partial charge is 0.296 e. The molecule has 0 aromatic rings. The van der Waals surface area contributed by atoms with Crippen molar-refractivity contribution in [3.63, 3.8) is 0 Å². The lowest BCUT2D eigenvalue weighted by molar-refractivity contribution is -0.136. The predicted octanol–water partition coefficient (Wildman–Crippen LogP) is 1.95. The number of allylic oxidation sites excluding steroid dienone is 4. The Morgan fingerprint density at radius 1 is 1.44 bits per heavy atom. The summed E-state index contributed by atoms with van der Waals surface area (Å²) in [6.07, 6.45) is 9.35. The minimum Gasteiger partial charge on any atom is -0.296 e. The lowest BCUT2D eigenvalue weighted by Crippen LogP contribution is -2.40. The highest BCUT2D eigenvalue weighted by atomic mass is 16.2. The average molecular weight is 219 g/mol. The molecule has 0 aromatic carbocycles. The topological polar surface area (TPSA) is 46.2 Å². The van der Waals surface area contributed by atoms with Gasteiger partial charge in [0.15, 0.2) is 0 Å². The summed E-state index contributed by atoms with van der Waals surface area (Å²) in [7, 11) is 0. The molecule has 1 saturated heterocycles. The zero-order valence-corrected chi connectivity index (χ0v) is 9.53. The number of hydrogen-bond acceptors (Lipinski definition) is 2. The number of piperidine rings is 1. The number of imide groups is 1. The van der Waals surface area contributed by atoms with E-state index in [1.807, 2.05) is 0 Å². The molecule has 86 valence electrons. The Balaban J connectivity index is 1.95. The molecule has 0 aromatic heterocycles. The summed E-state index contributed by atoms with van der Waals surface area (Å²) in [4.78, 5) is 22.6. The van der Waals surface area contributed by atoms with Gasteiger partial charge < -0.3 is 0 Å². The minimum absolute atomic E-state index is 0.0114. The molecule has 3 nitrogen and oxygen atoms in total. The van der Waals surface area contributed by atoms with Gasteiger partial charge in [-0.1, -0.05) is 30.7 Å². The maximum absolute atomic E-state index is 11.6. The molecule has 2 aliphatic rings. The fourth-order valence-electron chi connectivity index (χ4n) is 2.33. The number of rotatable bonds is 2. The molecule has 2 atom stereocenters. The van der Waals surface area contributed by atoms with E-state index in [2.05, 4.69) is 30.5 Å². The van der Waals surface area contributed by atoms with Crippen LogP contribution >= 0.6 is 0 Å². The SMILES string of the molecule is CC1C=CC=C(CC2CCC(=O)NC2=O)C1. The van der Waals surface area contributed by atoms with Crippen molar-refractivity contribution in [1.29, 1.82) is 0 Å². The van der Waals surface area contributed by atoms with Crippen LogP contribution in [0.4, 0.5) is 0 Å². The quantitative estimate of drug-likeness (QED) is 0.721. The second-order valence-electron chi connectivity index (χ2n) is 4.74. The van der Waals surface area contributed by atoms with Crippen LogP contribution in [0.5, 0.6) is 0 Å². The summed E-state index contributed by atoms with van der Waals surface area (Å²) in [5.41, 5.74) is 1.32. The van der Waals surface area contributed by atoms with Gasteiger partial charge in [-0.2, -0.15) is 0 Å². The molecule has 1 N–H and O–H groups in total. The first-order chi connectivity index (χ1) is 7.65. The van der Waals surface area contributed by atoms with Crippen LogP contribution < -0.4 is 5.32 Å². The van der Waals surface area contributed by atoms with Crippen molar-refractivity contribution >= 4 is 11.8 Å². The number of carbonyl (C=O) groups is 2. The van der Waals surface area contributed by atoms with E-state index in [0.29, 0.717) is 18.8 Å². The van der Waals surface area contributed by atoms with Crippen LogP contribution in [-0.2, 0) is 9.59 Å². The van der Waals surface area contributed by atoms with Gasteiger partial charge in [0.2, 0.25) is 11.8 Å². The normalized spacial score (nSPS) is 29.9. The van der Waals surface area contributed by atoms with E-state index in [4.69, 9.17) is 0 Å². The van der Waals surface area contributed by atoms with E-state index in [-0.39, 0.29) is 17.7 Å². The molecule has 1 fully saturated rings. The second-order valence-corrected chi connectivity index (χ2v) is 4.74. The van der Waals surface area contributed by atoms with Gasteiger partial charge in [-0.25, -0.2) is 0 Å². The van der Waals surface area contributed by atoms with Crippen LogP contribution in [0, 0.1) is 11.8 Å². The third-order valence-corrected chi connectivity index (χ3v) is 3.22. The summed E-state index contributed by atoms with van der Waals surface area (Å²) in [6, 6.07) is 0. The Labute approximate surface area is 95.6 Å². The molecule has 0 bridgehead atoms. The first-order valence-corrected chi connectivity index (χ1v) is 5.85. The summed E-state index contributed by atoms with van der Waals surface area (Å²) in [5.74, 6) is 0.322. The van der Waals surface area contributed by atoms with Gasteiger partial charge >= 0.3 is 0 Å². The fraction of sp³-hybridized carbons (Fsp3) is 0.538. The second kappa shape index (κ2) is 4.64. The lowest BCUT2D eigenvalue weighted by atomic mass is 9.86. The molecule has 2 amide bonds. The zero-order valence-electron chi connectivity index (χ0n) is 9.53. The van der Waals surface area contributed by atoms with Gasteiger partial charge in [0, 0.05) is 12.3 Å². The first-order valence-electron chi connectivity index (χ1n) is 5.85. The van der Waals surface area contributed by atoms with Crippen LogP contribution in [0.3, 0.4) is 0 Å². The Hall–Kier alpha value is -1.38. The van der Waals surface area contributed by atoms with Crippen molar-refractivity contribution in [2.45, 2.75) is 32.6 Å². The van der Waals surface area contributed by atoms with Crippen molar-refractivity contribution in [2.24, 2.45) is 11.8 Å². The molecule has 0 spiro atoms. The highest BCUT2D eigenvalue weighted by Gasteiger charge is 2.27. The zero-order chi connectivity index (χ0) is 11.5. The van der Waals surface area contributed by atoms with Gasteiger partial charge in [-0.3, -0.25) is 14.9 Å². The molecule has 2 unspecified atom stereocenters. The van der Waals surface area contributed by atoms with Gasteiger partial charge in [0.25, 0.3) is 0 Å². The summed E-state index contributed by atoms with van der Waals surface area (Å²) >= 11 is 0. The Morgan fingerprint density at radius 2 is 2.25 bits per heavy atom. The number of nitrogens with one attached hydrogen (secondary N) is 1. The monoisotopic (exact) mass is 219 g/mol. The van der Waals surface area contributed by atoms with Gasteiger partial charge in [0.05, 0.1) is 0 Å². The predicted molar refractivity (Wildman–Crippen MR) is 61.5 cm³/mol. The molecule has 3 heteroatoms. The molecular formula is C13H17NO2. The molecular weight excluding hydrogens is 202 g/mol. The third kappa shape index (κ3) is 2.60. The van der Waals surface area contributed by atoms with E-state index < -0.39 is 0 Å². The Morgan fingerprint density at radius 3 is 2.94 bits per heavy atom. The van der Waals surface area contributed by atoms with Gasteiger partial charge in [-0.05, 0) is 25.2 Å². The van der Waals surface area contributed by atoms with E-state index in [0.717, 1.165) is 12.8 Å². The maximum Gasteiger partial charge on any atom is 0.229 e. The van der Waals surface area contributed by atoms with Crippen molar-refractivity contribution in [2.75, 3.05) is 0 Å². The maximum atomic E-state index is 11.6. The molecule has 1 aliphatic carbocycles. The van der Waals surface area contributed by atoms with Crippen LogP contribution in [-0.4, -0.2) is 11.8 Å². The fourth-order valence-corrected chi connectivity index (χ4v) is 2.33. The highest BCUT2D eigenvalue weighted by Crippen LogP contribution is 2.27. The van der Waals surface area contributed by atoms with Crippen LogP contribution in [0.2, 0.25) is 0 Å². The molecule has 0 radical (unpaired) electrons. The molecule has 1 aliphatic heterocycles. The molecule has 2 rings (SSSR count).